The summed E-state index contributed by atoms with van der Waals surface area (Å²) >= 11 is 0. The van der Waals surface area contributed by atoms with E-state index in [9.17, 15) is 9.90 Å². The van der Waals surface area contributed by atoms with Gasteiger partial charge in [0.25, 0.3) is 0 Å². The summed E-state index contributed by atoms with van der Waals surface area (Å²) in [5, 5.41) is 13.8. The number of rotatable bonds is 3. The smallest absolute Gasteiger partial charge is 0.240 e. The van der Waals surface area contributed by atoms with Crippen molar-refractivity contribution in [3.8, 4) is 11.5 Å². The summed E-state index contributed by atoms with van der Waals surface area (Å²) in [6, 6.07) is 3.47. The second kappa shape index (κ2) is 6.76. The van der Waals surface area contributed by atoms with Gasteiger partial charge in [0.05, 0.1) is 26.8 Å². The van der Waals surface area contributed by atoms with E-state index < -0.39 is 6.10 Å². The van der Waals surface area contributed by atoms with Crippen molar-refractivity contribution in [2.75, 3.05) is 27.3 Å². The Labute approximate surface area is 136 Å². The van der Waals surface area contributed by atoms with Crippen LogP contribution >= 0.6 is 0 Å². The van der Waals surface area contributed by atoms with Gasteiger partial charge >= 0.3 is 0 Å². The maximum atomic E-state index is 12.7. The van der Waals surface area contributed by atoms with E-state index in [1.54, 1.807) is 25.2 Å². The molecule has 0 aromatic heterocycles. The van der Waals surface area contributed by atoms with Crippen molar-refractivity contribution in [2.24, 2.45) is 0 Å². The van der Waals surface area contributed by atoms with Gasteiger partial charge in [0.1, 0.15) is 17.6 Å². The molecule has 6 heteroatoms. The van der Waals surface area contributed by atoms with Crippen LogP contribution in [0.2, 0.25) is 0 Å². The maximum Gasteiger partial charge on any atom is 0.240 e. The number of nitrogens with zero attached hydrogens (tertiary/aromatic N) is 1. The van der Waals surface area contributed by atoms with Gasteiger partial charge in [-0.05, 0) is 31.5 Å². The predicted molar refractivity (Wildman–Crippen MR) is 85.6 cm³/mol. The van der Waals surface area contributed by atoms with Crippen molar-refractivity contribution in [3.63, 3.8) is 0 Å². The topological polar surface area (TPSA) is 71.0 Å². The second-order valence-corrected chi connectivity index (χ2v) is 6.10. The number of β-amino-alcohol motifs (C(OH)–C–C–N with tert-alkyl or cyclic N) is 1. The lowest BCUT2D eigenvalue weighted by atomic mass is 9.94. The van der Waals surface area contributed by atoms with E-state index in [0.717, 1.165) is 36.9 Å². The number of amides is 1. The first kappa shape index (κ1) is 16.1. The maximum absolute atomic E-state index is 12.7. The number of methoxy groups -OCH3 is 2. The first-order chi connectivity index (χ1) is 11.2. The van der Waals surface area contributed by atoms with E-state index in [2.05, 4.69) is 5.32 Å². The number of hydrogen-bond acceptors (Lipinski definition) is 5. The Morgan fingerprint density at radius 2 is 2.00 bits per heavy atom. The Morgan fingerprint density at radius 1 is 1.26 bits per heavy atom. The van der Waals surface area contributed by atoms with Crippen LogP contribution in [0.5, 0.6) is 11.5 Å². The monoisotopic (exact) mass is 320 g/mol. The van der Waals surface area contributed by atoms with Crippen molar-refractivity contribution in [3.05, 3.63) is 23.3 Å². The van der Waals surface area contributed by atoms with Crippen LogP contribution in [0, 0.1) is 0 Å². The molecule has 2 unspecified atom stereocenters. The van der Waals surface area contributed by atoms with Crippen LogP contribution in [0.3, 0.4) is 0 Å². The van der Waals surface area contributed by atoms with Crippen LogP contribution in [-0.4, -0.2) is 49.3 Å². The van der Waals surface area contributed by atoms with Gasteiger partial charge in [-0.15, -0.1) is 0 Å². The van der Waals surface area contributed by atoms with Crippen LogP contribution in [0.1, 0.15) is 36.5 Å². The number of aliphatic hydroxyl groups is 1. The largest absolute Gasteiger partial charge is 0.496 e. The van der Waals surface area contributed by atoms with Gasteiger partial charge < -0.3 is 24.8 Å². The van der Waals surface area contributed by atoms with Gasteiger partial charge in [-0.25, -0.2) is 0 Å². The van der Waals surface area contributed by atoms with Crippen molar-refractivity contribution < 1.29 is 19.4 Å². The number of carbonyl (C=O) groups is 1. The van der Waals surface area contributed by atoms with E-state index in [0.29, 0.717) is 18.0 Å². The third kappa shape index (κ3) is 3.01. The summed E-state index contributed by atoms with van der Waals surface area (Å²) in [5.74, 6) is 1.37. The highest BCUT2D eigenvalue weighted by molar-refractivity contribution is 5.82. The summed E-state index contributed by atoms with van der Waals surface area (Å²) in [7, 11) is 3.18. The summed E-state index contributed by atoms with van der Waals surface area (Å²) in [6.07, 6.45) is 2.26. The molecule has 0 radical (unpaired) electrons. The number of benzene rings is 1. The molecular weight excluding hydrogens is 296 g/mol. The number of carbonyl (C=O) groups excluding carboxylic acids is 1. The molecule has 1 saturated heterocycles. The van der Waals surface area contributed by atoms with E-state index in [4.69, 9.17) is 9.47 Å². The predicted octanol–water partition coefficient (Wildman–Crippen LogP) is 1.22. The minimum atomic E-state index is -0.767. The van der Waals surface area contributed by atoms with E-state index in [1.165, 1.54) is 0 Å². The molecule has 1 fully saturated rings. The first-order valence-electron chi connectivity index (χ1n) is 8.09. The number of aliphatic hydroxyl groups excluding tert-OH is 1. The third-order valence-electron chi connectivity index (χ3n) is 4.71. The van der Waals surface area contributed by atoms with Crippen molar-refractivity contribution >= 4 is 5.91 Å². The summed E-state index contributed by atoms with van der Waals surface area (Å²) in [4.78, 5) is 14.5. The molecule has 2 atom stereocenters. The average molecular weight is 320 g/mol. The molecule has 23 heavy (non-hydrogen) atoms. The zero-order chi connectivity index (χ0) is 16.4. The van der Waals surface area contributed by atoms with Crippen LogP contribution in [0.4, 0.5) is 0 Å². The molecule has 0 bridgehead atoms. The van der Waals surface area contributed by atoms with Crippen LogP contribution in [-0.2, 0) is 11.3 Å². The Hall–Kier alpha value is -1.79. The van der Waals surface area contributed by atoms with Crippen molar-refractivity contribution in [1.29, 1.82) is 0 Å². The Kier molecular flexibility index (Phi) is 4.73. The van der Waals surface area contributed by atoms with Gasteiger partial charge in [-0.2, -0.15) is 0 Å². The highest BCUT2D eigenvalue weighted by Gasteiger charge is 2.34. The summed E-state index contributed by atoms with van der Waals surface area (Å²) in [5.41, 5.74) is 1.56. The molecule has 1 amide bonds. The third-order valence-corrected chi connectivity index (χ3v) is 4.71. The van der Waals surface area contributed by atoms with Gasteiger partial charge in [0.15, 0.2) is 0 Å². The van der Waals surface area contributed by atoms with Crippen molar-refractivity contribution in [1.82, 2.24) is 10.2 Å². The number of piperidine rings is 1. The number of nitrogens with one attached hydrogen (secondary N) is 1. The first-order valence-corrected chi connectivity index (χ1v) is 8.09. The molecule has 2 N–H and O–H groups in total. The molecule has 0 saturated carbocycles. The van der Waals surface area contributed by atoms with Crippen LogP contribution in [0.25, 0.3) is 0 Å². The normalized spacial score (nSPS) is 24.0. The second-order valence-electron chi connectivity index (χ2n) is 6.10. The van der Waals surface area contributed by atoms with E-state index in [1.807, 2.05) is 6.07 Å². The molecule has 0 aliphatic carbocycles. The molecule has 1 aromatic carbocycles. The van der Waals surface area contributed by atoms with Crippen LogP contribution < -0.4 is 14.8 Å². The quantitative estimate of drug-likeness (QED) is 0.876. The lowest BCUT2D eigenvalue weighted by Crippen LogP contribution is -2.50. The fourth-order valence-corrected chi connectivity index (χ4v) is 3.53. The number of ether oxygens (including phenoxy) is 2. The lowest BCUT2D eigenvalue weighted by Gasteiger charge is -2.36. The minimum Gasteiger partial charge on any atom is -0.496 e. The van der Waals surface area contributed by atoms with E-state index in [-0.39, 0.29) is 18.5 Å². The fraction of sp³-hybridized carbons (Fsp3) is 0.588. The van der Waals surface area contributed by atoms with Gasteiger partial charge in [-0.3, -0.25) is 4.79 Å². The number of hydrogen-bond donors (Lipinski definition) is 2. The standard InChI is InChI=1S/C17H24N2O4/c1-22-14-6-7-15(23-2)16-11(14)9-19(10-13(16)20)17(21)12-5-3-4-8-18-12/h6-7,12-13,18,20H,3-5,8-10H2,1-2H3. The molecule has 2 heterocycles. The summed E-state index contributed by atoms with van der Waals surface area (Å²) < 4.78 is 10.8. The van der Waals surface area contributed by atoms with E-state index >= 15 is 0 Å². The van der Waals surface area contributed by atoms with Gasteiger partial charge in [-0.1, -0.05) is 6.42 Å². The Morgan fingerprint density at radius 3 is 2.65 bits per heavy atom. The van der Waals surface area contributed by atoms with Crippen molar-refractivity contribution in [2.45, 2.75) is 38.0 Å². The van der Waals surface area contributed by atoms with Gasteiger partial charge in [0, 0.05) is 17.7 Å². The molecule has 126 valence electrons. The molecule has 0 spiro atoms. The Balaban J connectivity index is 1.88. The molecule has 2 aliphatic heterocycles. The zero-order valence-corrected chi connectivity index (χ0v) is 13.7. The number of fused-ring (bicyclic) bond motifs is 1. The molecule has 6 nitrogen and oxygen atoms in total. The lowest BCUT2D eigenvalue weighted by molar-refractivity contribution is -0.137. The Bertz CT molecular complexity index is 584. The van der Waals surface area contributed by atoms with Gasteiger partial charge in [0.2, 0.25) is 5.91 Å². The molecule has 2 aliphatic rings. The highest BCUT2D eigenvalue weighted by Crippen LogP contribution is 2.39. The molecule has 1 aromatic rings. The fourth-order valence-electron chi connectivity index (χ4n) is 3.53. The van der Waals surface area contributed by atoms with Crippen LogP contribution in [0.15, 0.2) is 12.1 Å². The zero-order valence-electron chi connectivity index (χ0n) is 13.7. The minimum absolute atomic E-state index is 0.0549. The highest BCUT2D eigenvalue weighted by atomic mass is 16.5. The summed E-state index contributed by atoms with van der Waals surface area (Å²) in [6.45, 7) is 1.60. The average Bonchev–Trinajstić information content (AvgIpc) is 2.60. The SMILES string of the molecule is COc1ccc(OC)c2c1CN(C(=O)C1CCCCN1)CC2O. The molecular formula is C17H24N2O4. The molecule has 3 rings (SSSR count).